The Morgan fingerprint density at radius 2 is 1.68 bits per heavy atom. The highest BCUT2D eigenvalue weighted by atomic mass is 19.4. The maximum absolute atomic E-state index is 13.0. The van der Waals surface area contributed by atoms with Gasteiger partial charge in [0.1, 0.15) is 6.04 Å². The van der Waals surface area contributed by atoms with Crippen LogP contribution in [0.2, 0.25) is 0 Å². The summed E-state index contributed by atoms with van der Waals surface area (Å²) in [4.78, 5) is 24.2. The fourth-order valence-electron chi connectivity index (χ4n) is 2.56. The quantitative estimate of drug-likeness (QED) is 0.795. The van der Waals surface area contributed by atoms with Crippen molar-refractivity contribution in [2.45, 2.75) is 18.6 Å². The highest BCUT2D eigenvalue weighted by molar-refractivity contribution is 6.06. The predicted molar refractivity (Wildman–Crippen MR) is 87.2 cm³/mol. The fraction of sp³-hybridized carbons (Fsp3) is 0.176. The van der Waals surface area contributed by atoms with Gasteiger partial charge in [-0.15, -0.1) is 0 Å². The molecule has 3 N–H and O–H groups in total. The molecule has 0 unspecified atom stereocenters. The topological polar surface area (TPSA) is 70.2 Å². The Morgan fingerprint density at radius 3 is 2.40 bits per heavy atom. The molecule has 5 nitrogen and oxygen atoms in total. The predicted octanol–water partition coefficient (Wildman–Crippen LogP) is 3.47. The van der Waals surface area contributed by atoms with E-state index >= 15 is 0 Å². The molecule has 130 valence electrons. The van der Waals surface area contributed by atoms with Gasteiger partial charge in [0, 0.05) is 0 Å². The van der Waals surface area contributed by atoms with Crippen molar-refractivity contribution in [2.75, 3.05) is 16.0 Å². The van der Waals surface area contributed by atoms with E-state index in [0.29, 0.717) is 11.4 Å². The Kier molecular flexibility index (Phi) is 4.35. The fourth-order valence-corrected chi connectivity index (χ4v) is 2.56. The first-order valence-electron chi connectivity index (χ1n) is 7.47. The van der Waals surface area contributed by atoms with Gasteiger partial charge in [0.05, 0.1) is 29.0 Å². The van der Waals surface area contributed by atoms with Crippen molar-refractivity contribution >= 4 is 28.9 Å². The van der Waals surface area contributed by atoms with Crippen molar-refractivity contribution in [1.82, 2.24) is 0 Å². The molecule has 0 aromatic heterocycles. The largest absolute Gasteiger partial charge is 0.418 e. The van der Waals surface area contributed by atoms with Crippen molar-refractivity contribution < 1.29 is 22.8 Å². The van der Waals surface area contributed by atoms with Crippen LogP contribution in [0.1, 0.15) is 12.0 Å². The molecule has 25 heavy (non-hydrogen) atoms. The van der Waals surface area contributed by atoms with Gasteiger partial charge in [0.25, 0.3) is 0 Å². The Bertz CT molecular complexity index is 821. The van der Waals surface area contributed by atoms with Gasteiger partial charge in [-0.25, -0.2) is 0 Å². The highest BCUT2D eigenvalue weighted by Crippen LogP contribution is 2.34. The van der Waals surface area contributed by atoms with Gasteiger partial charge in [-0.1, -0.05) is 24.3 Å². The number of fused-ring (bicyclic) bond motifs is 1. The van der Waals surface area contributed by atoms with E-state index in [1.54, 1.807) is 24.3 Å². The van der Waals surface area contributed by atoms with E-state index in [2.05, 4.69) is 16.0 Å². The van der Waals surface area contributed by atoms with Gasteiger partial charge in [0.15, 0.2) is 0 Å². The van der Waals surface area contributed by atoms with E-state index in [9.17, 15) is 22.8 Å². The number of amides is 2. The molecular formula is C17H14F3N3O2. The van der Waals surface area contributed by atoms with E-state index in [0.717, 1.165) is 6.07 Å². The van der Waals surface area contributed by atoms with E-state index in [-0.39, 0.29) is 12.1 Å². The lowest BCUT2D eigenvalue weighted by Gasteiger charge is -2.26. The van der Waals surface area contributed by atoms with Crippen molar-refractivity contribution in [3.8, 4) is 0 Å². The molecule has 1 atom stereocenters. The van der Waals surface area contributed by atoms with Gasteiger partial charge in [-0.3, -0.25) is 9.59 Å². The minimum absolute atomic E-state index is 0.299. The lowest BCUT2D eigenvalue weighted by atomic mass is 10.1. The van der Waals surface area contributed by atoms with E-state index in [4.69, 9.17) is 0 Å². The lowest BCUT2D eigenvalue weighted by Crippen LogP contribution is -2.41. The average molecular weight is 349 g/mol. The summed E-state index contributed by atoms with van der Waals surface area (Å²) in [6, 6.07) is 10.8. The molecule has 0 radical (unpaired) electrons. The van der Waals surface area contributed by atoms with Crippen LogP contribution in [0.25, 0.3) is 0 Å². The number of para-hydroxylation sites is 3. The smallest absolute Gasteiger partial charge is 0.372 e. The monoisotopic (exact) mass is 349 g/mol. The first-order chi connectivity index (χ1) is 11.8. The molecule has 0 spiro atoms. The second-order valence-electron chi connectivity index (χ2n) is 5.53. The zero-order valence-corrected chi connectivity index (χ0v) is 12.9. The number of benzene rings is 2. The molecule has 1 heterocycles. The van der Waals surface area contributed by atoms with Crippen molar-refractivity contribution in [3.63, 3.8) is 0 Å². The van der Waals surface area contributed by atoms with Crippen LogP contribution in [0, 0.1) is 0 Å². The molecular weight excluding hydrogens is 335 g/mol. The normalized spacial score (nSPS) is 16.4. The van der Waals surface area contributed by atoms with Crippen molar-refractivity contribution in [1.29, 1.82) is 0 Å². The standard InChI is InChI=1S/C17H14F3N3O2/c18-17(19,20)10-5-1-2-6-11(10)22-15(24)9-14-16(25)23-13-8-4-3-7-12(13)21-14/h1-8,14,21H,9H2,(H,22,24)(H,23,25)/t14-/m0/s1. The lowest BCUT2D eigenvalue weighted by molar-refractivity contribution is -0.137. The van der Waals surface area contributed by atoms with Gasteiger partial charge in [-0.2, -0.15) is 13.2 Å². The maximum Gasteiger partial charge on any atom is 0.418 e. The van der Waals surface area contributed by atoms with Gasteiger partial charge < -0.3 is 16.0 Å². The van der Waals surface area contributed by atoms with Crippen molar-refractivity contribution in [2.24, 2.45) is 0 Å². The third-order valence-corrected chi connectivity index (χ3v) is 3.73. The number of carbonyl (C=O) groups is 2. The number of hydrogen-bond donors (Lipinski definition) is 3. The maximum atomic E-state index is 13.0. The summed E-state index contributed by atoms with van der Waals surface area (Å²) >= 11 is 0. The van der Waals surface area contributed by atoms with Crippen LogP contribution < -0.4 is 16.0 Å². The summed E-state index contributed by atoms with van der Waals surface area (Å²) in [5, 5.41) is 7.80. The molecule has 2 aromatic rings. The Balaban J connectivity index is 1.71. The van der Waals surface area contributed by atoms with Crippen LogP contribution in [0.3, 0.4) is 0 Å². The molecule has 0 aliphatic carbocycles. The number of carbonyl (C=O) groups excluding carboxylic acids is 2. The summed E-state index contributed by atoms with van der Waals surface area (Å²) in [6.07, 6.45) is -4.88. The van der Waals surface area contributed by atoms with Crippen molar-refractivity contribution in [3.05, 3.63) is 54.1 Å². The second-order valence-corrected chi connectivity index (χ2v) is 5.53. The molecule has 8 heteroatoms. The number of alkyl halides is 3. The molecule has 0 fully saturated rings. The van der Waals surface area contributed by atoms with E-state index in [1.807, 2.05) is 0 Å². The Morgan fingerprint density at radius 1 is 1.04 bits per heavy atom. The molecule has 2 amide bonds. The number of nitrogens with one attached hydrogen (secondary N) is 3. The molecule has 3 rings (SSSR count). The number of hydrogen-bond acceptors (Lipinski definition) is 3. The molecule has 0 saturated heterocycles. The van der Waals surface area contributed by atoms with Crippen LogP contribution in [0.5, 0.6) is 0 Å². The van der Waals surface area contributed by atoms with E-state index < -0.39 is 29.6 Å². The summed E-state index contributed by atoms with van der Waals surface area (Å²) in [5.74, 6) is -1.11. The minimum atomic E-state index is -4.58. The van der Waals surface area contributed by atoms with Crippen LogP contribution in [0.15, 0.2) is 48.5 Å². The van der Waals surface area contributed by atoms with Crippen LogP contribution in [-0.4, -0.2) is 17.9 Å². The molecule has 0 bridgehead atoms. The number of anilines is 3. The molecule has 0 saturated carbocycles. The summed E-state index contributed by atoms with van der Waals surface area (Å²) in [7, 11) is 0. The van der Waals surface area contributed by atoms with Crippen LogP contribution in [-0.2, 0) is 15.8 Å². The molecule has 2 aromatic carbocycles. The van der Waals surface area contributed by atoms with Gasteiger partial charge in [0.2, 0.25) is 11.8 Å². The zero-order valence-electron chi connectivity index (χ0n) is 12.9. The van der Waals surface area contributed by atoms with Crippen LogP contribution >= 0.6 is 0 Å². The second kappa shape index (κ2) is 6.46. The Hall–Kier alpha value is -3.03. The first-order valence-corrected chi connectivity index (χ1v) is 7.47. The minimum Gasteiger partial charge on any atom is -0.372 e. The van der Waals surface area contributed by atoms with Gasteiger partial charge in [-0.05, 0) is 24.3 Å². The third-order valence-electron chi connectivity index (χ3n) is 3.73. The summed E-state index contributed by atoms with van der Waals surface area (Å²) < 4.78 is 38.9. The summed E-state index contributed by atoms with van der Waals surface area (Å²) in [5.41, 5.74) is -0.0338. The summed E-state index contributed by atoms with van der Waals surface area (Å²) in [6.45, 7) is 0. The number of rotatable bonds is 3. The molecule has 1 aliphatic heterocycles. The van der Waals surface area contributed by atoms with Gasteiger partial charge >= 0.3 is 6.18 Å². The average Bonchev–Trinajstić information content (AvgIpc) is 2.55. The number of halogens is 3. The molecule has 1 aliphatic rings. The first kappa shape index (κ1) is 16.8. The SMILES string of the molecule is O=C(C[C@@H]1Nc2ccccc2NC1=O)Nc1ccccc1C(F)(F)F. The third kappa shape index (κ3) is 3.73. The van der Waals surface area contributed by atoms with E-state index in [1.165, 1.54) is 18.2 Å². The Labute approximate surface area is 141 Å². The zero-order chi connectivity index (χ0) is 18.0. The highest BCUT2D eigenvalue weighted by Gasteiger charge is 2.34. The van der Waals surface area contributed by atoms with Crippen LogP contribution in [0.4, 0.5) is 30.2 Å².